The number of amides is 2. The molecule has 1 aromatic heterocycles. The van der Waals surface area contributed by atoms with Gasteiger partial charge in [-0.05, 0) is 38.2 Å². The Hall–Kier alpha value is -2.22. The van der Waals surface area contributed by atoms with Crippen molar-refractivity contribution in [3.8, 4) is 0 Å². The van der Waals surface area contributed by atoms with Crippen molar-refractivity contribution in [1.29, 1.82) is 0 Å². The molecule has 4 rings (SSSR count). The molecule has 3 aliphatic heterocycles. The van der Waals surface area contributed by atoms with Crippen LogP contribution in [-0.2, 0) is 16.6 Å². The Morgan fingerprint density at radius 1 is 1.19 bits per heavy atom. The molecule has 1 atom stereocenters. The first-order chi connectivity index (χ1) is 13.0. The second kappa shape index (κ2) is 7.07. The van der Waals surface area contributed by atoms with Gasteiger partial charge in [-0.15, -0.1) is 0 Å². The van der Waals surface area contributed by atoms with E-state index in [4.69, 9.17) is 4.74 Å². The van der Waals surface area contributed by atoms with Crippen LogP contribution in [0.4, 0.5) is 0 Å². The molecule has 1 aromatic rings. The average Bonchev–Trinajstić information content (AvgIpc) is 3.11. The van der Waals surface area contributed by atoms with Gasteiger partial charge in [0.25, 0.3) is 11.5 Å². The fraction of sp³-hybridized carbons (Fsp3) is 0.684. The first-order valence-corrected chi connectivity index (χ1v) is 9.73. The van der Waals surface area contributed by atoms with E-state index in [1.165, 1.54) is 19.2 Å². The lowest BCUT2D eigenvalue weighted by Gasteiger charge is -2.44. The number of ether oxygens (including phenoxy) is 1. The molecule has 146 valence electrons. The van der Waals surface area contributed by atoms with Gasteiger partial charge in [-0.3, -0.25) is 14.4 Å². The lowest BCUT2D eigenvalue weighted by molar-refractivity contribution is -0.150. The van der Waals surface area contributed by atoms with Crippen molar-refractivity contribution in [2.45, 2.75) is 38.1 Å². The van der Waals surface area contributed by atoms with Crippen molar-refractivity contribution in [1.82, 2.24) is 19.6 Å². The van der Waals surface area contributed by atoms with Crippen LogP contribution in [0.1, 0.15) is 42.6 Å². The molecule has 2 amide bonds. The zero-order valence-corrected chi connectivity index (χ0v) is 15.7. The summed E-state index contributed by atoms with van der Waals surface area (Å²) in [5.74, 6) is -0.0113. The minimum atomic E-state index is -0.465. The number of rotatable bonds is 2. The standard InChI is InChI=1S/C19H26N4O4/c1-21-16(24)4-3-15(20-21)17(25)22-10-8-19(13-22)7-2-9-23(18(19)26)14-5-11-27-12-6-14/h3-4,14H,2,5-13H2,1H3/t19-/m1/s1. The first-order valence-electron chi connectivity index (χ1n) is 9.73. The molecular weight excluding hydrogens is 348 g/mol. The van der Waals surface area contributed by atoms with E-state index in [1.54, 1.807) is 4.90 Å². The molecule has 3 fully saturated rings. The van der Waals surface area contributed by atoms with Crippen LogP contribution in [0.5, 0.6) is 0 Å². The van der Waals surface area contributed by atoms with Gasteiger partial charge >= 0.3 is 0 Å². The number of likely N-dealkylation sites (tertiary alicyclic amines) is 2. The quantitative estimate of drug-likeness (QED) is 0.749. The van der Waals surface area contributed by atoms with E-state index in [9.17, 15) is 14.4 Å². The summed E-state index contributed by atoms with van der Waals surface area (Å²) in [4.78, 5) is 41.4. The summed E-state index contributed by atoms with van der Waals surface area (Å²) < 4.78 is 6.60. The fourth-order valence-corrected chi connectivity index (χ4v) is 4.65. The second-order valence-corrected chi connectivity index (χ2v) is 7.88. The molecule has 3 aliphatic rings. The Kier molecular flexibility index (Phi) is 4.75. The predicted molar refractivity (Wildman–Crippen MR) is 97.2 cm³/mol. The zero-order valence-electron chi connectivity index (χ0n) is 15.7. The van der Waals surface area contributed by atoms with E-state index in [-0.39, 0.29) is 29.1 Å². The molecule has 0 N–H and O–H groups in total. The highest BCUT2D eigenvalue weighted by Crippen LogP contribution is 2.41. The van der Waals surface area contributed by atoms with Gasteiger partial charge in [-0.2, -0.15) is 5.10 Å². The van der Waals surface area contributed by atoms with Crippen molar-refractivity contribution in [2.24, 2.45) is 12.5 Å². The third kappa shape index (κ3) is 3.26. The van der Waals surface area contributed by atoms with E-state index < -0.39 is 5.41 Å². The Morgan fingerprint density at radius 2 is 1.96 bits per heavy atom. The lowest BCUT2D eigenvalue weighted by atomic mass is 9.77. The summed E-state index contributed by atoms with van der Waals surface area (Å²) in [7, 11) is 1.53. The molecule has 0 aliphatic carbocycles. The van der Waals surface area contributed by atoms with Crippen LogP contribution in [0.15, 0.2) is 16.9 Å². The van der Waals surface area contributed by atoms with Crippen molar-refractivity contribution >= 4 is 11.8 Å². The number of hydrogen-bond acceptors (Lipinski definition) is 5. The number of piperidine rings is 1. The van der Waals surface area contributed by atoms with Gasteiger partial charge in [-0.1, -0.05) is 0 Å². The van der Waals surface area contributed by atoms with Crippen LogP contribution in [0.3, 0.4) is 0 Å². The summed E-state index contributed by atoms with van der Waals surface area (Å²) in [5.41, 5.74) is -0.468. The Bertz CT molecular complexity index is 801. The Morgan fingerprint density at radius 3 is 2.70 bits per heavy atom. The van der Waals surface area contributed by atoms with E-state index >= 15 is 0 Å². The molecule has 1 spiro atoms. The monoisotopic (exact) mass is 374 g/mol. The molecule has 3 saturated heterocycles. The molecule has 8 nitrogen and oxygen atoms in total. The predicted octanol–water partition coefficient (Wildman–Crippen LogP) is 0.414. The topological polar surface area (TPSA) is 84.7 Å². The zero-order chi connectivity index (χ0) is 19.0. The Balaban J connectivity index is 1.49. The number of aromatic nitrogens is 2. The van der Waals surface area contributed by atoms with Gasteiger partial charge in [0, 0.05) is 52.0 Å². The number of nitrogens with zero attached hydrogens (tertiary/aromatic N) is 4. The summed E-state index contributed by atoms with van der Waals surface area (Å²) in [6.07, 6.45) is 4.29. The largest absolute Gasteiger partial charge is 0.381 e. The number of carbonyl (C=O) groups is 2. The molecular formula is C19H26N4O4. The maximum atomic E-state index is 13.3. The lowest BCUT2D eigenvalue weighted by Crippen LogP contribution is -2.55. The summed E-state index contributed by atoms with van der Waals surface area (Å²) in [6.45, 7) is 3.22. The van der Waals surface area contributed by atoms with Gasteiger partial charge in [0.2, 0.25) is 5.91 Å². The van der Waals surface area contributed by atoms with E-state index in [2.05, 4.69) is 5.10 Å². The third-order valence-electron chi connectivity index (χ3n) is 6.22. The molecule has 0 aromatic carbocycles. The summed E-state index contributed by atoms with van der Waals surface area (Å²) in [6, 6.07) is 3.08. The second-order valence-electron chi connectivity index (χ2n) is 7.88. The molecule has 0 bridgehead atoms. The highest BCUT2D eigenvalue weighted by atomic mass is 16.5. The van der Waals surface area contributed by atoms with Crippen molar-refractivity contribution in [2.75, 3.05) is 32.8 Å². The highest BCUT2D eigenvalue weighted by Gasteiger charge is 2.50. The van der Waals surface area contributed by atoms with Crippen LogP contribution < -0.4 is 5.56 Å². The van der Waals surface area contributed by atoms with Gasteiger partial charge in [0.15, 0.2) is 0 Å². The highest BCUT2D eigenvalue weighted by molar-refractivity contribution is 5.93. The van der Waals surface area contributed by atoms with Crippen LogP contribution >= 0.6 is 0 Å². The normalized spacial score (nSPS) is 26.8. The van der Waals surface area contributed by atoms with Crippen molar-refractivity contribution < 1.29 is 14.3 Å². The van der Waals surface area contributed by atoms with E-state index in [0.717, 1.165) is 36.9 Å². The third-order valence-corrected chi connectivity index (χ3v) is 6.22. The minimum Gasteiger partial charge on any atom is -0.381 e. The molecule has 8 heteroatoms. The van der Waals surface area contributed by atoms with E-state index in [1.807, 2.05) is 4.90 Å². The average molecular weight is 374 g/mol. The maximum Gasteiger partial charge on any atom is 0.274 e. The first kappa shape index (κ1) is 18.2. The summed E-state index contributed by atoms with van der Waals surface area (Å²) in [5, 5.41) is 4.06. The smallest absolute Gasteiger partial charge is 0.274 e. The molecule has 4 heterocycles. The van der Waals surface area contributed by atoms with Crippen LogP contribution in [0.2, 0.25) is 0 Å². The van der Waals surface area contributed by atoms with Crippen LogP contribution in [0, 0.1) is 5.41 Å². The van der Waals surface area contributed by atoms with Crippen LogP contribution in [-0.4, -0.2) is 70.3 Å². The van der Waals surface area contributed by atoms with Gasteiger partial charge in [0.1, 0.15) is 5.69 Å². The summed E-state index contributed by atoms with van der Waals surface area (Å²) >= 11 is 0. The molecule has 0 unspecified atom stereocenters. The van der Waals surface area contributed by atoms with Crippen LogP contribution in [0.25, 0.3) is 0 Å². The maximum absolute atomic E-state index is 13.3. The number of carbonyl (C=O) groups excluding carboxylic acids is 2. The molecule has 0 saturated carbocycles. The van der Waals surface area contributed by atoms with Gasteiger partial charge in [-0.25, -0.2) is 4.68 Å². The Labute approximate surface area is 158 Å². The molecule has 0 radical (unpaired) electrons. The van der Waals surface area contributed by atoms with Crippen molar-refractivity contribution in [3.63, 3.8) is 0 Å². The minimum absolute atomic E-state index is 0.198. The number of hydrogen-bond donors (Lipinski definition) is 0. The molecule has 27 heavy (non-hydrogen) atoms. The number of aryl methyl sites for hydroxylation is 1. The van der Waals surface area contributed by atoms with Gasteiger partial charge < -0.3 is 14.5 Å². The fourth-order valence-electron chi connectivity index (χ4n) is 4.65. The van der Waals surface area contributed by atoms with Gasteiger partial charge in [0.05, 0.1) is 5.41 Å². The SMILES string of the molecule is Cn1nc(C(=O)N2CC[C@]3(CCCN(C4CCOCC4)C3=O)C2)ccc1=O. The van der Waals surface area contributed by atoms with E-state index in [0.29, 0.717) is 32.7 Å². The van der Waals surface area contributed by atoms with Crippen molar-refractivity contribution in [3.05, 3.63) is 28.2 Å².